The first kappa shape index (κ1) is 18.4. The molecule has 0 aliphatic carbocycles. The number of aromatic nitrogens is 3. The molecule has 0 bridgehead atoms. The fraction of sp³-hybridized carbons (Fsp3) is 0.529. The second-order valence-corrected chi connectivity index (χ2v) is 4.96. The summed E-state index contributed by atoms with van der Waals surface area (Å²) in [5.41, 5.74) is 1.16. The van der Waals surface area contributed by atoms with Gasteiger partial charge >= 0.3 is 0 Å². The van der Waals surface area contributed by atoms with Gasteiger partial charge < -0.3 is 4.57 Å². The third kappa shape index (κ3) is 6.50. The molecule has 2 aromatic rings. The molecule has 0 aromatic carbocycles. The molecular formula is C17H29N3. The van der Waals surface area contributed by atoms with Crippen molar-refractivity contribution in [3.8, 4) is 0 Å². The summed E-state index contributed by atoms with van der Waals surface area (Å²) < 4.78 is 2.05. The molecule has 20 heavy (non-hydrogen) atoms. The van der Waals surface area contributed by atoms with Crippen LogP contribution in [0.1, 0.15) is 64.9 Å². The van der Waals surface area contributed by atoms with Gasteiger partial charge in [0.05, 0.1) is 0 Å². The number of pyridine rings is 1. The highest BCUT2D eigenvalue weighted by molar-refractivity contribution is 5.06. The summed E-state index contributed by atoms with van der Waals surface area (Å²) in [6.07, 6.45) is 5.62. The number of aryl methyl sites for hydroxylation is 1. The van der Waals surface area contributed by atoms with E-state index in [9.17, 15) is 0 Å². The molecule has 0 unspecified atom stereocenters. The van der Waals surface area contributed by atoms with Crippen molar-refractivity contribution in [1.29, 1.82) is 0 Å². The summed E-state index contributed by atoms with van der Waals surface area (Å²) in [4.78, 5) is 8.36. The summed E-state index contributed by atoms with van der Waals surface area (Å²) in [6, 6.07) is 6.00. The first-order valence-electron chi connectivity index (χ1n) is 7.40. The predicted molar refractivity (Wildman–Crippen MR) is 87.0 cm³/mol. The first-order valence-corrected chi connectivity index (χ1v) is 7.40. The Kier molecular flexibility index (Phi) is 9.35. The van der Waals surface area contributed by atoms with Crippen LogP contribution in [0.25, 0.3) is 0 Å². The van der Waals surface area contributed by atoms with Crippen LogP contribution in [-0.2, 0) is 7.05 Å². The number of imidazole rings is 1. The molecule has 0 aliphatic rings. The topological polar surface area (TPSA) is 30.7 Å². The monoisotopic (exact) mass is 275 g/mol. The van der Waals surface area contributed by atoms with Gasteiger partial charge in [-0.2, -0.15) is 0 Å². The average Bonchev–Trinajstić information content (AvgIpc) is 2.89. The standard InChI is InChI=1S/C8H11N.C7H12N2.C2H6/c1-7(2)8-5-3-4-6-9-8;1-6(2)7-8-4-5-9(7)3;1-2/h3-7H,1-2H3;4-6H,1-3H3;1-2H3. The maximum absolute atomic E-state index is 4.18. The van der Waals surface area contributed by atoms with E-state index in [4.69, 9.17) is 0 Å². The van der Waals surface area contributed by atoms with Gasteiger partial charge in [-0.25, -0.2) is 4.98 Å². The van der Waals surface area contributed by atoms with Crippen molar-refractivity contribution in [3.63, 3.8) is 0 Å². The lowest BCUT2D eigenvalue weighted by molar-refractivity contribution is 0.711. The summed E-state index contributed by atoms with van der Waals surface area (Å²) in [6.45, 7) is 12.6. The lowest BCUT2D eigenvalue weighted by Gasteiger charge is -2.02. The highest BCUT2D eigenvalue weighted by Crippen LogP contribution is 2.09. The minimum absolute atomic E-state index is 0.532. The second-order valence-electron chi connectivity index (χ2n) is 4.96. The minimum atomic E-state index is 0.532. The molecule has 0 fully saturated rings. The maximum Gasteiger partial charge on any atom is 0.110 e. The fourth-order valence-electron chi connectivity index (χ4n) is 1.65. The van der Waals surface area contributed by atoms with Crippen LogP contribution in [0, 0.1) is 0 Å². The van der Waals surface area contributed by atoms with E-state index in [1.165, 1.54) is 0 Å². The molecule has 3 heteroatoms. The Labute approximate surface area is 124 Å². The highest BCUT2D eigenvalue weighted by Gasteiger charge is 2.01. The zero-order valence-electron chi connectivity index (χ0n) is 14.0. The Balaban J connectivity index is 0.000000321. The summed E-state index contributed by atoms with van der Waals surface area (Å²) in [5.74, 6) is 2.23. The van der Waals surface area contributed by atoms with Crippen molar-refractivity contribution in [1.82, 2.24) is 14.5 Å². The predicted octanol–water partition coefficient (Wildman–Crippen LogP) is 4.77. The average molecular weight is 275 g/mol. The number of rotatable bonds is 2. The van der Waals surface area contributed by atoms with Crippen LogP contribution in [0.3, 0.4) is 0 Å². The van der Waals surface area contributed by atoms with Gasteiger partial charge in [0.2, 0.25) is 0 Å². The Hall–Kier alpha value is -1.64. The Morgan fingerprint density at radius 1 is 0.900 bits per heavy atom. The molecule has 0 atom stereocenters. The Morgan fingerprint density at radius 2 is 1.55 bits per heavy atom. The first-order chi connectivity index (χ1) is 9.52. The lowest BCUT2D eigenvalue weighted by atomic mass is 10.1. The van der Waals surface area contributed by atoms with Gasteiger partial charge in [0.25, 0.3) is 0 Å². The van der Waals surface area contributed by atoms with E-state index in [0.29, 0.717) is 11.8 Å². The molecule has 0 saturated heterocycles. The van der Waals surface area contributed by atoms with Gasteiger partial charge in [-0.05, 0) is 18.1 Å². The van der Waals surface area contributed by atoms with Gasteiger partial charge in [0, 0.05) is 37.3 Å². The summed E-state index contributed by atoms with van der Waals surface area (Å²) >= 11 is 0. The van der Waals surface area contributed by atoms with Crippen LogP contribution in [0.2, 0.25) is 0 Å². The second kappa shape index (κ2) is 10.2. The molecule has 0 amide bonds. The zero-order chi connectivity index (χ0) is 15.5. The third-order valence-corrected chi connectivity index (χ3v) is 2.65. The molecule has 0 radical (unpaired) electrons. The quantitative estimate of drug-likeness (QED) is 0.790. The van der Waals surface area contributed by atoms with E-state index in [1.54, 1.807) is 0 Å². The van der Waals surface area contributed by atoms with E-state index < -0.39 is 0 Å². The van der Waals surface area contributed by atoms with Gasteiger partial charge in [0.15, 0.2) is 0 Å². The Bertz CT molecular complexity index is 444. The van der Waals surface area contributed by atoms with Crippen molar-refractivity contribution in [2.75, 3.05) is 0 Å². The van der Waals surface area contributed by atoms with Crippen molar-refractivity contribution in [3.05, 3.63) is 48.3 Å². The summed E-state index contributed by atoms with van der Waals surface area (Å²) in [7, 11) is 2.02. The zero-order valence-corrected chi connectivity index (χ0v) is 14.0. The molecule has 2 heterocycles. The molecule has 0 saturated carbocycles. The van der Waals surface area contributed by atoms with Crippen molar-refractivity contribution in [2.45, 2.75) is 53.4 Å². The molecule has 3 nitrogen and oxygen atoms in total. The van der Waals surface area contributed by atoms with E-state index in [0.717, 1.165) is 11.5 Å². The van der Waals surface area contributed by atoms with Crippen LogP contribution in [-0.4, -0.2) is 14.5 Å². The van der Waals surface area contributed by atoms with Gasteiger partial charge in [0.1, 0.15) is 5.82 Å². The SMILES string of the molecule is CC.CC(C)c1ccccn1.CC(C)c1nccn1C. The van der Waals surface area contributed by atoms with Crippen LogP contribution in [0.15, 0.2) is 36.8 Å². The normalized spacial score (nSPS) is 9.65. The van der Waals surface area contributed by atoms with Crippen molar-refractivity contribution < 1.29 is 0 Å². The summed E-state index contributed by atoms with van der Waals surface area (Å²) in [5, 5.41) is 0. The number of hydrogen-bond acceptors (Lipinski definition) is 2. The number of nitrogens with zero attached hydrogens (tertiary/aromatic N) is 3. The van der Waals surface area contributed by atoms with Gasteiger partial charge in [-0.3, -0.25) is 4.98 Å². The maximum atomic E-state index is 4.18. The van der Waals surface area contributed by atoms with Gasteiger partial charge in [-0.1, -0.05) is 47.6 Å². The minimum Gasteiger partial charge on any atom is -0.338 e. The molecule has 2 aromatic heterocycles. The molecular weight excluding hydrogens is 246 g/mol. The number of hydrogen-bond donors (Lipinski definition) is 0. The van der Waals surface area contributed by atoms with Crippen LogP contribution < -0.4 is 0 Å². The van der Waals surface area contributed by atoms with E-state index in [2.05, 4.69) is 37.7 Å². The smallest absolute Gasteiger partial charge is 0.110 e. The molecule has 0 N–H and O–H groups in total. The molecule has 112 valence electrons. The fourth-order valence-corrected chi connectivity index (χ4v) is 1.65. The van der Waals surface area contributed by atoms with Gasteiger partial charge in [-0.15, -0.1) is 0 Å². The van der Waals surface area contributed by atoms with Crippen LogP contribution in [0.4, 0.5) is 0 Å². The van der Waals surface area contributed by atoms with E-state index >= 15 is 0 Å². The highest BCUT2D eigenvalue weighted by atomic mass is 15.0. The molecule has 2 rings (SSSR count). The van der Waals surface area contributed by atoms with Crippen molar-refractivity contribution in [2.24, 2.45) is 7.05 Å². The van der Waals surface area contributed by atoms with Crippen molar-refractivity contribution >= 4 is 0 Å². The lowest BCUT2D eigenvalue weighted by Crippen LogP contribution is -1.98. The molecule has 0 aliphatic heterocycles. The van der Waals surface area contributed by atoms with E-state index in [-0.39, 0.29) is 0 Å². The van der Waals surface area contributed by atoms with E-state index in [1.807, 2.05) is 62.3 Å². The van der Waals surface area contributed by atoms with Crippen LogP contribution >= 0.6 is 0 Å². The largest absolute Gasteiger partial charge is 0.338 e. The van der Waals surface area contributed by atoms with Crippen LogP contribution in [0.5, 0.6) is 0 Å². The molecule has 0 spiro atoms. The Morgan fingerprint density at radius 3 is 1.80 bits per heavy atom. The third-order valence-electron chi connectivity index (χ3n) is 2.65.